The zero-order chi connectivity index (χ0) is 25.1. The third-order valence-electron chi connectivity index (χ3n) is 6.31. The predicted molar refractivity (Wildman–Crippen MR) is 138 cm³/mol. The van der Waals surface area contributed by atoms with Crippen LogP contribution in [0.4, 0.5) is 16.3 Å². The third-order valence-corrected chi connectivity index (χ3v) is 6.31. The van der Waals surface area contributed by atoms with Gasteiger partial charge in [-0.1, -0.05) is 18.2 Å². The first-order valence-electron chi connectivity index (χ1n) is 12.0. The van der Waals surface area contributed by atoms with E-state index in [4.69, 9.17) is 13.9 Å². The Balaban J connectivity index is 1.27. The Labute approximate surface area is 208 Å². The summed E-state index contributed by atoms with van der Waals surface area (Å²) in [7, 11) is 1.59. The molecular formula is C27H28N4O5. The molecule has 1 aliphatic heterocycles. The Hall–Kier alpha value is -4.27. The largest absolute Gasteiger partial charge is 0.495 e. The average Bonchev–Trinajstić information content (AvgIpc) is 3.07. The van der Waals surface area contributed by atoms with Gasteiger partial charge in [0.2, 0.25) is 0 Å². The second kappa shape index (κ2) is 10.2. The zero-order valence-electron chi connectivity index (χ0n) is 20.3. The maximum atomic E-state index is 13.2. The molecule has 2 amide bonds. The van der Waals surface area contributed by atoms with Crippen molar-refractivity contribution >= 4 is 45.4 Å². The van der Waals surface area contributed by atoms with E-state index in [1.54, 1.807) is 25.0 Å². The number of esters is 1. The summed E-state index contributed by atoms with van der Waals surface area (Å²) >= 11 is 0. The predicted octanol–water partition coefficient (Wildman–Crippen LogP) is 4.91. The van der Waals surface area contributed by atoms with Gasteiger partial charge in [-0.2, -0.15) is 0 Å². The number of nitrogens with zero attached hydrogens (tertiary/aromatic N) is 3. The van der Waals surface area contributed by atoms with Crippen LogP contribution in [0.3, 0.4) is 0 Å². The number of aromatic nitrogens is 1. The quantitative estimate of drug-likeness (QED) is 0.399. The van der Waals surface area contributed by atoms with Gasteiger partial charge in [0.15, 0.2) is 0 Å². The number of methoxy groups -OCH3 is 1. The van der Waals surface area contributed by atoms with Crippen molar-refractivity contribution < 1.29 is 23.5 Å². The summed E-state index contributed by atoms with van der Waals surface area (Å²) in [5, 5.41) is 4.94. The number of rotatable bonds is 5. The van der Waals surface area contributed by atoms with Gasteiger partial charge in [0.1, 0.15) is 22.7 Å². The fraction of sp³-hybridized carbons (Fsp3) is 0.296. The summed E-state index contributed by atoms with van der Waals surface area (Å²) < 4.78 is 16.6. The van der Waals surface area contributed by atoms with E-state index in [1.807, 2.05) is 42.5 Å². The minimum Gasteiger partial charge on any atom is -0.495 e. The van der Waals surface area contributed by atoms with E-state index in [0.29, 0.717) is 48.8 Å². The molecule has 0 unspecified atom stereocenters. The minimum absolute atomic E-state index is 0.198. The van der Waals surface area contributed by atoms with Crippen LogP contribution in [0.1, 0.15) is 23.7 Å². The van der Waals surface area contributed by atoms with E-state index in [9.17, 15) is 9.59 Å². The number of ether oxygens (including phenoxy) is 2. The first kappa shape index (κ1) is 23.5. The number of urea groups is 1. The monoisotopic (exact) mass is 488 g/mol. The molecule has 9 heteroatoms. The summed E-state index contributed by atoms with van der Waals surface area (Å²) in [6.45, 7) is 4.61. The Bertz CT molecular complexity index is 1400. The normalized spacial score (nSPS) is 14.1. The van der Waals surface area contributed by atoms with Gasteiger partial charge in [0, 0.05) is 49.2 Å². The first-order valence-corrected chi connectivity index (χ1v) is 12.0. The molecule has 0 atom stereocenters. The van der Waals surface area contributed by atoms with Crippen LogP contribution in [0, 0.1) is 0 Å². The van der Waals surface area contributed by atoms with Crippen molar-refractivity contribution in [2.45, 2.75) is 13.3 Å². The molecule has 9 nitrogen and oxygen atoms in total. The minimum atomic E-state index is -0.383. The summed E-state index contributed by atoms with van der Waals surface area (Å²) in [6.07, 6.45) is 2.32. The Kier molecular flexibility index (Phi) is 6.62. The number of carbonyl (C=O) groups excluding carboxylic acids is 2. The van der Waals surface area contributed by atoms with Gasteiger partial charge in [-0.15, -0.1) is 0 Å². The van der Waals surface area contributed by atoms with E-state index in [0.717, 1.165) is 35.1 Å². The summed E-state index contributed by atoms with van der Waals surface area (Å²) in [5.41, 5.74) is 2.46. The zero-order valence-corrected chi connectivity index (χ0v) is 20.3. The number of anilines is 2. The van der Waals surface area contributed by atoms with Crippen LogP contribution < -0.4 is 15.0 Å². The molecule has 1 fully saturated rings. The van der Waals surface area contributed by atoms with E-state index < -0.39 is 0 Å². The molecular weight excluding hydrogens is 460 g/mol. The van der Waals surface area contributed by atoms with Gasteiger partial charge in [-0.25, -0.2) is 14.6 Å². The Morgan fingerprint density at radius 1 is 1.03 bits per heavy atom. The lowest BCUT2D eigenvalue weighted by Gasteiger charge is -2.23. The molecule has 0 bridgehead atoms. The molecule has 4 aromatic rings. The number of hydrogen-bond donors (Lipinski definition) is 1. The van der Waals surface area contributed by atoms with Gasteiger partial charge < -0.3 is 29.0 Å². The molecule has 0 spiro atoms. The topological polar surface area (TPSA) is 97.1 Å². The number of benzene rings is 2. The standard InChI is InChI=1S/C27H28N4O5/c1-3-35-26(32)18-9-10-25(28-17-18)30-11-6-12-31(14-13-30)27(33)29-21-16-23-20(15-24(21)34-2)19-7-4-5-8-22(19)36-23/h4-5,7-10,15-17H,3,6,11-14H2,1-2H3,(H,29,33). The number of fused-ring (bicyclic) bond motifs is 3. The molecule has 2 aromatic heterocycles. The molecule has 0 saturated carbocycles. The highest BCUT2D eigenvalue weighted by Crippen LogP contribution is 2.36. The number of amides is 2. The molecule has 0 radical (unpaired) electrons. The van der Waals surface area contributed by atoms with Gasteiger partial charge in [0.25, 0.3) is 0 Å². The van der Waals surface area contributed by atoms with Crippen molar-refractivity contribution in [1.29, 1.82) is 0 Å². The van der Waals surface area contributed by atoms with Crippen molar-refractivity contribution in [3.8, 4) is 5.75 Å². The van der Waals surface area contributed by atoms with Crippen molar-refractivity contribution in [1.82, 2.24) is 9.88 Å². The Morgan fingerprint density at radius 3 is 2.67 bits per heavy atom. The van der Waals surface area contributed by atoms with Gasteiger partial charge in [-0.05, 0) is 37.6 Å². The fourth-order valence-corrected chi connectivity index (χ4v) is 4.47. The fourth-order valence-electron chi connectivity index (χ4n) is 4.47. The van der Waals surface area contributed by atoms with Gasteiger partial charge in [0.05, 0.1) is 25.0 Å². The highest BCUT2D eigenvalue weighted by molar-refractivity contribution is 6.07. The van der Waals surface area contributed by atoms with Crippen molar-refractivity contribution in [2.24, 2.45) is 0 Å². The van der Waals surface area contributed by atoms with E-state index in [-0.39, 0.29) is 12.0 Å². The Morgan fingerprint density at radius 2 is 1.89 bits per heavy atom. The van der Waals surface area contributed by atoms with Crippen molar-refractivity contribution in [2.75, 3.05) is 50.1 Å². The SMILES string of the molecule is CCOC(=O)c1ccc(N2CCCN(C(=O)Nc3cc4oc5ccccc5c4cc3OC)CC2)nc1. The van der Waals surface area contributed by atoms with E-state index in [1.165, 1.54) is 6.20 Å². The second-order valence-corrected chi connectivity index (χ2v) is 8.53. The van der Waals surface area contributed by atoms with Crippen LogP contribution in [0.15, 0.2) is 59.1 Å². The lowest BCUT2D eigenvalue weighted by atomic mass is 10.1. The van der Waals surface area contributed by atoms with Crippen LogP contribution in [0.25, 0.3) is 21.9 Å². The summed E-state index contributed by atoms with van der Waals surface area (Å²) in [6, 6.07) is 14.9. The number of carbonyl (C=O) groups is 2. The van der Waals surface area contributed by atoms with Gasteiger partial charge in [-0.3, -0.25) is 0 Å². The average molecular weight is 489 g/mol. The molecule has 186 valence electrons. The number of hydrogen-bond acceptors (Lipinski definition) is 7. The molecule has 2 aromatic carbocycles. The number of furan rings is 1. The molecule has 1 saturated heterocycles. The van der Waals surface area contributed by atoms with Crippen molar-refractivity contribution in [3.05, 3.63) is 60.3 Å². The smallest absolute Gasteiger partial charge is 0.339 e. The molecule has 5 rings (SSSR count). The number of pyridine rings is 1. The van der Waals surface area contributed by atoms with Crippen molar-refractivity contribution in [3.63, 3.8) is 0 Å². The maximum absolute atomic E-state index is 13.2. The highest BCUT2D eigenvalue weighted by Gasteiger charge is 2.22. The second-order valence-electron chi connectivity index (χ2n) is 8.53. The summed E-state index contributed by atoms with van der Waals surface area (Å²) in [5.74, 6) is 0.957. The molecule has 3 heterocycles. The van der Waals surface area contributed by atoms with Crippen LogP contribution >= 0.6 is 0 Å². The molecule has 1 N–H and O–H groups in total. The highest BCUT2D eigenvalue weighted by atomic mass is 16.5. The number of para-hydroxylation sites is 1. The van der Waals surface area contributed by atoms with Crippen LogP contribution in [0.2, 0.25) is 0 Å². The van der Waals surface area contributed by atoms with E-state index in [2.05, 4.69) is 15.2 Å². The van der Waals surface area contributed by atoms with Crippen LogP contribution in [0.5, 0.6) is 5.75 Å². The number of nitrogens with one attached hydrogen (secondary N) is 1. The molecule has 1 aliphatic rings. The lowest BCUT2D eigenvalue weighted by molar-refractivity contribution is 0.0526. The molecule has 0 aliphatic carbocycles. The first-order chi connectivity index (χ1) is 17.6. The third kappa shape index (κ3) is 4.64. The van der Waals surface area contributed by atoms with E-state index >= 15 is 0 Å². The summed E-state index contributed by atoms with van der Waals surface area (Å²) in [4.78, 5) is 33.4. The lowest BCUT2D eigenvalue weighted by Crippen LogP contribution is -2.38. The maximum Gasteiger partial charge on any atom is 0.339 e. The molecule has 36 heavy (non-hydrogen) atoms. The van der Waals surface area contributed by atoms with Gasteiger partial charge >= 0.3 is 12.0 Å². The van der Waals surface area contributed by atoms with Crippen LogP contribution in [-0.4, -0.2) is 61.8 Å². The van der Waals surface area contributed by atoms with Crippen LogP contribution in [-0.2, 0) is 4.74 Å².